The van der Waals surface area contributed by atoms with Crippen LogP contribution < -0.4 is 15.4 Å². The summed E-state index contributed by atoms with van der Waals surface area (Å²) in [4.78, 5) is 33.1. The number of nitrogens with one attached hydrogen (secondary N) is 3. The van der Waals surface area contributed by atoms with Crippen molar-refractivity contribution in [2.24, 2.45) is 5.92 Å². The number of aromatic amines is 1. The van der Waals surface area contributed by atoms with Crippen molar-refractivity contribution in [1.29, 1.82) is 0 Å². The quantitative estimate of drug-likeness (QED) is 0.331. The molecule has 3 heterocycles. The Balaban J connectivity index is 1.60. The third-order valence-corrected chi connectivity index (χ3v) is 5.74. The van der Waals surface area contributed by atoms with Crippen molar-refractivity contribution in [1.82, 2.24) is 30.2 Å². The van der Waals surface area contributed by atoms with Crippen LogP contribution in [0.3, 0.4) is 0 Å². The summed E-state index contributed by atoms with van der Waals surface area (Å²) in [5, 5.41) is 15.7. The topological polar surface area (TPSA) is 138 Å². The number of benzene rings is 1. The zero-order valence-corrected chi connectivity index (χ0v) is 18.9. The number of ether oxygens (including phenoxy) is 1. The van der Waals surface area contributed by atoms with E-state index >= 15 is 0 Å². The fourth-order valence-electron chi connectivity index (χ4n) is 3.86. The first-order valence-corrected chi connectivity index (χ1v) is 11.2. The smallest absolute Gasteiger partial charge is 0.321 e. The van der Waals surface area contributed by atoms with E-state index in [-0.39, 0.29) is 11.9 Å². The molecule has 1 atom stereocenters. The zero-order chi connectivity index (χ0) is 23.7. The van der Waals surface area contributed by atoms with Crippen LogP contribution in [-0.4, -0.2) is 49.7 Å². The second-order valence-corrected chi connectivity index (χ2v) is 8.16. The van der Waals surface area contributed by atoms with Gasteiger partial charge in [0.15, 0.2) is 5.82 Å². The molecule has 0 spiro atoms. The lowest BCUT2D eigenvalue weighted by Crippen LogP contribution is -2.28. The number of nitrogens with zero attached hydrogens (tertiary/aromatic N) is 4. The van der Waals surface area contributed by atoms with E-state index in [9.17, 15) is 9.90 Å². The highest BCUT2D eigenvalue weighted by Gasteiger charge is 2.32. The molecule has 10 nitrogen and oxygen atoms in total. The molecule has 2 amide bonds. The van der Waals surface area contributed by atoms with E-state index in [1.54, 1.807) is 31.8 Å². The molecule has 0 bridgehead atoms. The molecule has 10 heteroatoms. The predicted molar refractivity (Wildman–Crippen MR) is 127 cm³/mol. The summed E-state index contributed by atoms with van der Waals surface area (Å²) in [6.07, 6.45) is 6.49. The molecule has 174 valence electrons. The van der Waals surface area contributed by atoms with Crippen molar-refractivity contribution in [3.8, 4) is 28.1 Å². The summed E-state index contributed by atoms with van der Waals surface area (Å²) in [6.45, 7) is 2.34. The Morgan fingerprint density at radius 3 is 2.74 bits per heavy atom. The minimum atomic E-state index is -0.625. The number of anilines is 1. The van der Waals surface area contributed by atoms with Gasteiger partial charge in [-0.2, -0.15) is 0 Å². The van der Waals surface area contributed by atoms with Gasteiger partial charge in [0.2, 0.25) is 5.95 Å². The number of hydrogen-bond donors (Lipinski definition) is 4. The van der Waals surface area contributed by atoms with E-state index in [2.05, 4.69) is 35.6 Å². The molecule has 34 heavy (non-hydrogen) atoms. The molecule has 0 saturated heterocycles. The lowest BCUT2D eigenvalue weighted by atomic mass is 10.0. The van der Waals surface area contributed by atoms with Gasteiger partial charge in [-0.3, -0.25) is 10.3 Å². The fourth-order valence-corrected chi connectivity index (χ4v) is 3.86. The van der Waals surface area contributed by atoms with E-state index in [1.165, 1.54) is 0 Å². The second-order valence-electron chi connectivity index (χ2n) is 8.16. The minimum Gasteiger partial charge on any atom is -0.494 e. The van der Waals surface area contributed by atoms with Gasteiger partial charge in [0, 0.05) is 36.3 Å². The summed E-state index contributed by atoms with van der Waals surface area (Å²) in [5.74, 6) is 1.61. The number of methoxy groups -OCH3 is 1. The fraction of sp³-hybridized carbons (Fsp3) is 0.292. The van der Waals surface area contributed by atoms with Gasteiger partial charge in [0.05, 0.1) is 12.6 Å². The molecule has 1 fully saturated rings. The third-order valence-electron chi connectivity index (χ3n) is 5.74. The predicted octanol–water partition coefficient (Wildman–Crippen LogP) is 3.68. The maximum absolute atomic E-state index is 12.0. The molecule has 3 aromatic heterocycles. The van der Waals surface area contributed by atoms with Crippen LogP contribution >= 0.6 is 0 Å². The molecule has 4 N–H and O–H groups in total. The Labute approximate surface area is 195 Å². The van der Waals surface area contributed by atoms with Crippen molar-refractivity contribution in [2.75, 3.05) is 19.0 Å². The van der Waals surface area contributed by atoms with E-state index < -0.39 is 6.10 Å². The first-order valence-electron chi connectivity index (χ1n) is 11.2. The Morgan fingerprint density at radius 1 is 1.24 bits per heavy atom. The Bertz CT molecular complexity index is 1330. The molecular weight excluding hydrogens is 434 g/mol. The number of hydrogen-bond acceptors (Lipinski definition) is 7. The highest BCUT2D eigenvalue weighted by Crippen LogP contribution is 2.40. The number of rotatable bonds is 7. The lowest BCUT2D eigenvalue weighted by Gasteiger charge is -2.11. The van der Waals surface area contributed by atoms with Gasteiger partial charge in [0.25, 0.3) is 0 Å². The summed E-state index contributed by atoms with van der Waals surface area (Å²) in [7, 11) is 1.59. The van der Waals surface area contributed by atoms with Crippen LogP contribution in [0.5, 0.6) is 5.75 Å². The molecule has 4 aromatic rings. The third kappa shape index (κ3) is 4.27. The zero-order valence-electron chi connectivity index (χ0n) is 18.9. The van der Waals surface area contributed by atoms with E-state index in [0.29, 0.717) is 40.8 Å². The first kappa shape index (κ1) is 21.8. The number of carbonyl (C=O) groups is 1. The highest BCUT2D eigenvalue weighted by atomic mass is 16.5. The van der Waals surface area contributed by atoms with Gasteiger partial charge in [-0.1, -0.05) is 0 Å². The normalized spacial score (nSPS) is 14.1. The SMILES string of the molecule is CCNC(=O)Nc1nc2c(-c3ncccc3OC)cc(-c3cnc(C(O)C4CC4)nc3)cc2[nH]1. The van der Waals surface area contributed by atoms with Crippen LogP contribution in [-0.2, 0) is 0 Å². The molecule has 0 radical (unpaired) electrons. The Hall–Kier alpha value is -4.05. The number of urea groups is 1. The van der Waals surface area contributed by atoms with Crippen LogP contribution in [0.25, 0.3) is 33.4 Å². The number of carbonyl (C=O) groups excluding carboxylic acids is 1. The second kappa shape index (κ2) is 9.06. The van der Waals surface area contributed by atoms with Gasteiger partial charge in [-0.05, 0) is 55.5 Å². The number of H-pyrrole nitrogens is 1. The van der Waals surface area contributed by atoms with Crippen molar-refractivity contribution in [3.05, 3.63) is 48.7 Å². The largest absolute Gasteiger partial charge is 0.494 e. The molecule has 1 aliphatic carbocycles. The van der Waals surface area contributed by atoms with Crippen LogP contribution in [0.1, 0.15) is 31.7 Å². The average molecular weight is 460 g/mol. The number of imidazole rings is 1. The first-order chi connectivity index (χ1) is 16.6. The van der Waals surface area contributed by atoms with Gasteiger partial charge >= 0.3 is 6.03 Å². The number of aliphatic hydroxyl groups excluding tert-OH is 1. The molecule has 0 aliphatic heterocycles. The van der Waals surface area contributed by atoms with Crippen LogP contribution in [0.2, 0.25) is 0 Å². The van der Waals surface area contributed by atoms with Crippen molar-refractivity contribution in [2.45, 2.75) is 25.9 Å². The monoisotopic (exact) mass is 459 g/mol. The highest BCUT2D eigenvalue weighted by molar-refractivity contribution is 5.98. The van der Waals surface area contributed by atoms with Crippen molar-refractivity contribution in [3.63, 3.8) is 0 Å². The summed E-state index contributed by atoms with van der Waals surface area (Å²) < 4.78 is 5.54. The number of pyridine rings is 1. The van der Waals surface area contributed by atoms with Crippen LogP contribution in [0.4, 0.5) is 10.7 Å². The number of aliphatic hydroxyl groups is 1. The van der Waals surface area contributed by atoms with E-state index in [4.69, 9.17) is 4.74 Å². The van der Waals surface area contributed by atoms with E-state index in [0.717, 1.165) is 29.5 Å². The average Bonchev–Trinajstić information content (AvgIpc) is 3.63. The molecule has 1 saturated carbocycles. The maximum atomic E-state index is 12.0. The Kier molecular flexibility index (Phi) is 5.81. The summed E-state index contributed by atoms with van der Waals surface area (Å²) >= 11 is 0. The van der Waals surface area contributed by atoms with Crippen LogP contribution in [0.15, 0.2) is 42.9 Å². The molecule has 1 aromatic carbocycles. The standard InChI is InChI=1S/C24H25N7O3/c1-3-25-24(33)31-23-29-17-10-14(15-11-27-22(28-12-15)21(32)13-6-7-13)9-16(19(17)30-23)20-18(34-2)5-4-8-26-20/h4-5,8-13,21,32H,3,6-7H2,1-2H3,(H3,25,29,30,31,33). The number of fused-ring (bicyclic) bond motifs is 1. The maximum Gasteiger partial charge on any atom is 0.321 e. The van der Waals surface area contributed by atoms with E-state index in [1.807, 2.05) is 25.1 Å². The van der Waals surface area contributed by atoms with Crippen LogP contribution in [0, 0.1) is 5.92 Å². The molecular formula is C24H25N7O3. The van der Waals surface area contributed by atoms with Crippen molar-refractivity contribution >= 4 is 23.0 Å². The molecule has 1 unspecified atom stereocenters. The number of amides is 2. The van der Waals surface area contributed by atoms with Gasteiger partial charge < -0.3 is 20.1 Å². The van der Waals surface area contributed by atoms with Gasteiger partial charge in [-0.15, -0.1) is 0 Å². The lowest BCUT2D eigenvalue weighted by molar-refractivity contribution is 0.144. The molecule has 1 aliphatic rings. The summed E-state index contributed by atoms with van der Waals surface area (Å²) in [5.41, 5.74) is 4.29. The van der Waals surface area contributed by atoms with Crippen molar-refractivity contribution < 1.29 is 14.6 Å². The minimum absolute atomic E-state index is 0.256. The van der Waals surface area contributed by atoms with Gasteiger partial charge in [-0.25, -0.2) is 19.7 Å². The molecule has 5 rings (SSSR count). The number of aromatic nitrogens is 5. The summed E-state index contributed by atoms with van der Waals surface area (Å²) in [6, 6.07) is 7.14. The Morgan fingerprint density at radius 2 is 2.03 bits per heavy atom. The van der Waals surface area contributed by atoms with Gasteiger partial charge in [0.1, 0.15) is 23.1 Å².